The molecular weight excluding hydrogens is 242 g/mol. The molecule has 0 atom stereocenters. The lowest BCUT2D eigenvalue weighted by molar-refractivity contribution is -0.0250. The molecule has 0 fully saturated rings. The molecule has 0 aliphatic heterocycles. The highest BCUT2D eigenvalue weighted by molar-refractivity contribution is 4.95. The van der Waals surface area contributed by atoms with E-state index in [-0.39, 0.29) is 11.1 Å². The lowest BCUT2D eigenvalue weighted by Gasteiger charge is -2.52. The highest BCUT2D eigenvalue weighted by Crippen LogP contribution is 2.38. The smallest absolute Gasteiger partial charge is 0.0163 e. The third kappa shape index (κ3) is 7.11. The lowest BCUT2D eigenvalue weighted by atomic mass is 9.77. The average Bonchev–Trinajstić information content (AvgIpc) is 2.06. The zero-order valence-electron chi connectivity index (χ0n) is 16.2. The Hall–Kier alpha value is -0.0400. The molecule has 0 heterocycles. The maximum atomic E-state index is 2.77. The highest BCUT2D eigenvalue weighted by atomic mass is 15.2. The molecule has 0 rings (SSSR count). The molecule has 0 aliphatic carbocycles. The summed E-state index contributed by atoms with van der Waals surface area (Å²) in [6.07, 6.45) is 2.49. The van der Waals surface area contributed by atoms with Crippen molar-refractivity contribution in [2.75, 3.05) is 6.54 Å². The van der Waals surface area contributed by atoms with Crippen molar-refractivity contribution >= 4 is 0 Å². The van der Waals surface area contributed by atoms with Gasteiger partial charge in [0.1, 0.15) is 0 Å². The predicted octanol–water partition coefficient (Wildman–Crippen LogP) is 5.98. The Balaban J connectivity index is 5.32. The summed E-state index contributed by atoms with van der Waals surface area (Å²) >= 11 is 0. The van der Waals surface area contributed by atoms with Crippen LogP contribution in [0.25, 0.3) is 0 Å². The van der Waals surface area contributed by atoms with Crippen molar-refractivity contribution in [2.45, 2.75) is 100 Å². The third-order valence-electron chi connectivity index (χ3n) is 3.88. The van der Waals surface area contributed by atoms with Gasteiger partial charge in [-0.25, -0.2) is 0 Å². The van der Waals surface area contributed by atoms with Crippen LogP contribution in [0.15, 0.2) is 0 Å². The van der Waals surface area contributed by atoms with Crippen molar-refractivity contribution in [3.63, 3.8) is 0 Å². The highest BCUT2D eigenvalue weighted by Gasteiger charge is 2.40. The monoisotopic (exact) mass is 283 g/mol. The number of hydrogen-bond acceptors (Lipinski definition) is 1. The Kier molecular flexibility index (Phi) is 6.80. The standard InChI is InChI=1S/C19H41N/c1-15(2)12-18(8,9)20(13-16(3)4)19(10,11)14-17(5,6)7/h15-16H,12-14H2,1-11H3. The van der Waals surface area contributed by atoms with Crippen LogP contribution < -0.4 is 0 Å². The molecule has 0 N–H and O–H groups in total. The van der Waals surface area contributed by atoms with E-state index in [1.807, 2.05) is 0 Å². The van der Waals surface area contributed by atoms with E-state index in [2.05, 4.69) is 81.1 Å². The summed E-state index contributed by atoms with van der Waals surface area (Å²) in [5.41, 5.74) is 0.862. The molecule has 20 heavy (non-hydrogen) atoms. The maximum absolute atomic E-state index is 2.77. The molecule has 0 saturated heterocycles. The van der Waals surface area contributed by atoms with E-state index in [4.69, 9.17) is 0 Å². The van der Waals surface area contributed by atoms with Gasteiger partial charge in [0.05, 0.1) is 0 Å². The zero-order valence-corrected chi connectivity index (χ0v) is 16.2. The van der Waals surface area contributed by atoms with Gasteiger partial charge < -0.3 is 0 Å². The van der Waals surface area contributed by atoms with E-state index < -0.39 is 0 Å². The van der Waals surface area contributed by atoms with Gasteiger partial charge in [0.2, 0.25) is 0 Å². The van der Waals surface area contributed by atoms with Crippen molar-refractivity contribution in [1.82, 2.24) is 4.90 Å². The van der Waals surface area contributed by atoms with Crippen molar-refractivity contribution in [3.05, 3.63) is 0 Å². The summed E-state index contributed by atoms with van der Waals surface area (Å²) in [6, 6.07) is 0. The molecule has 0 amide bonds. The van der Waals surface area contributed by atoms with E-state index >= 15 is 0 Å². The van der Waals surface area contributed by atoms with Crippen LogP contribution in [0, 0.1) is 17.3 Å². The Labute approximate surface area is 129 Å². The van der Waals surface area contributed by atoms with E-state index in [0.29, 0.717) is 11.3 Å². The first-order valence-electron chi connectivity index (χ1n) is 8.45. The van der Waals surface area contributed by atoms with Crippen LogP contribution in [0.5, 0.6) is 0 Å². The first-order valence-corrected chi connectivity index (χ1v) is 8.45. The van der Waals surface area contributed by atoms with Gasteiger partial charge in [-0.15, -0.1) is 0 Å². The van der Waals surface area contributed by atoms with Crippen LogP contribution in [0.2, 0.25) is 0 Å². The SMILES string of the molecule is CC(C)CN(C(C)(C)CC(C)C)C(C)(C)CC(C)(C)C. The molecule has 0 bridgehead atoms. The minimum absolute atomic E-state index is 0.237. The Morgan fingerprint density at radius 1 is 0.700 bits per heavy atom. The van der Waals surface area contributed by atoms with Gasteiger partial charge in [-0.3, -0.25) is 4.90 Å². The molecule has 0 aliphatic rings. The Morgan fingerprint density at radius 2 is 1.15 bits per heavy atom. The fraction of sp³-hybridized carbons (Fsp3) is 1.00. The van der Waals surface area contributed by atoms with Gasteiger partial charge in [-0.05, 0) is 57.8 Å². The number of rotatable bonds is 7. The summed E-state index contributed by atoms with van der Waals surface area (Å²) in [5, 5.41) is 0. The molecule has 0 radical (unpaired) electrons. The fourth-order valence-electron chi connectivity index (χ4n) is 4.18. The molecule has 0 aromatic carbocycles. The van der Waals surface area contributed by atoms with Gasteiger partial charge in [0.15, 0.2) is 0 Å². The Bertz CT molecular complexity index is 279. The minimum Gasteiger partial charge on any atom is -0.293 e. The molecule has 0 aromatic rings. The summed E-state index contributed by atoms with van der Waals surface area (Å²) in [7, 11) is 0. The minimum atomic E-state index is 0.237. The van der Waals surface area contributed by atoms with Crippen LogP contribution >= 0.6 is 0 Å². The van der Waals surface area contributed by atoms with E-state index in [9.17, 15) is 0 Å². The summed E-state index contributed by atoms with van der Waals surface area (Å²) in [6.45, 7) is 27.3. The van der Waals surface area contributed by atoms with Crippen molar-refractivity contribution in [3.8, 4) is 0 Å². The van der Waals surface area contributed by atoms with E-state index in [1.54, 1.807) is 0 Å². The van der Waals surface area contributed by atoms with Crippen LogP contribution in [0.1, 0.15) is 89.0 Å². The quantitative estimate of drug-likeness (QED) is 0.555. The molecule has 1 heteroatoms. The molecule has 0 saturated carbocycles. The number of hydrogen-bond donors (Lipinski definition) is 0. The van der Waals surface area contributed by atoms with E-state index in [0.717, 1.165) is 5.92 Å². The van der Waals surface area contributed by atoms with Gasteiger partial charge in [0.25, 0.3) is 0 Å². The summed E-state index contributed by atoms with van der Waals surface area (Å²) in [4.78, 5) is 2.77. The summed E-state index contributed by atoms with van der Waals surface area (Å²) < 4.78 is 0. The molecular formula is C19H41N. The first-order chi connectivity index (χ1) is 8.67. The first kappa shape index (κ1) is 20.0. The summed E-state index contributed by atoms with van der Waals surface area (Å²) in [5.74, 6) is 1.45. The van der Waals surface area contributed by atoms with Gasteiger partial charge in [0, 0.05) is 17.6 Å². The second-order valence-corrected chi connectivity index (χ2v) is 9.96. The maximum Gasteiger partial charge on any atom is 0.0163 e. The predicted molar refractivity (Wildman–Crippen MR) is 93.2 cm³/mol. The second-order valence-electron chi connectivity index (χ2n) is 9.96. The second kappa shape index (κ2) is 6.81. The Morgan fingerprint density at radius 3 is 1.45 bits per heavy atom. The normalized spacial score (nSPS) is 14.7. The van der Waals surface area contributed by atoms with Crippen molar-refractivity contribution in [1.29, 1.82) is 0 Å². The van der Waals surface area contributed by atoms with Crippen LogP contribution in [0.3, 0.4) is 0 Å². The van der Waals surface area contributed by atoms with Crippen LogP contribution in [-0.2, 0) is 0 Å². The van der Waals surface area contributed by atoms with Crippen LogP contribution in [0.4, 0.5) is 0 Å². The molecule has 0 unspecified atom stereocenters. The van der Waals surface area contributed by atoms with Gasteiger partial charge in [-0.1, -0.05) is 48.5 Å². The zero-order chi connectivity index (χ0) is 16.4. The largest absolute Gasteiger partial charge is 0.293 e. The van der Waals surface area contributed by atoms with Crippen molar-refractivity contribution in [2.24, 2.45) is 17.3 Å². The third-order valence-corrected chi connectivity index (χ3v) is 3.88. The van der Waals surface area contributed by atoms with Crippen LogP contribution in [-0.4, -0.2) is 22.5 Å². The van der Waals surface area contributed by atoms with E-state index in [1.165, 1.54) is 19.4 Å². The molecule has 1 nitrogen and oxygen atoms in total. The van der Waals surface area contributed by atoms with Crippen molar-refractivity contribution < 1.29 is 0 Å². The number of nitrogens with zero attached hydrogens (tertiary/aromatic N) is 1. The van der Waals surface area contributed by atoms with Gasteiger partial charge >= 0.3 is 0 Å². The average molecular weight is 284 g/mol. The van der Waals surface area contributed by atoms with Gasteiger partial charge in [-0.2, -0.15) is 0 Å². The molecule has 0 spiro atoms. The fourth-order valence-corrected chi connectivity index (χ4v) is 4.18. The topological polar surface area (TPSA) is 3.24 Å². The lowest BCUT2D eigenvalue weighted by Crippen LogP contribution is -2.58. The molecule has 0 aromatic heterocycles. The molecule has 122 valence electrons.